The number of hydrogen-bond donors (Lipinski definition) is 1. The molecular formula is C23H32N2O3. The molecule has 5 heteroatoms. The highest BCUT2D eigenvalue weighted by Gasteiger charge is 2.57. The topological polar surface area (TPSA) is 53.0 Å². The van der Waals surface area contributed by atoms with Crippen LogP contribution < -0.4 is 9.64 Å². The van der Waals surface area contributed by atoms with Gasteiger partial charge in [0.25, 0.3) is 0 Å². The Morgan fingerprint density at radius 1 is 1.07 bits per heavy atom. The summed E-state index contributed by atoms with van der Waals surface area (Å²) in [4.78, 5) is 17.5. The van der Waals surface area contributed by atoms with Crippen molar-refractivity contribution in [2.24, 2.45) is 17.3 Å². The first-order valence-corrected chi connectivity index (χ1v) is 10.9. The molecule has 5 nitrogen and oxygen atoms in total. The molecule has 4 bridgehead atoms. The van der Waals surface area contributed by atoms with E-state index in [0.29, 0.717) is 24.2 Å². The second kappa shape index (κ2) is 6.65. The van der Waals surface area contributed by atoms with Gasteiger partial charge in [-0.1, -0.05) is 0 Å². The van der Waals surface area contributed by atoms with Crippen molar-refractivity contribution in [3.8, 4) is 5.75 Å². The van der Waals surface area contributed by atoms with Crippen molar-refractivity contribution in [2.75, 3.05) is 38.2 Å². The minimum atomic E-state index is -0.475. The third-order valence-electron chi connectivity index (χ3n) is 7.75. The largest absolute Gasteiger partial charge is 0.497 e. The lowest BCUT2D eigenvalue weighted by Crippen LogP contribution is -2.57. The Hall–Kier alpha value is -1.75. The van der Waals surface area contributed by atoms with Crippen LogP contribution in [-0.2, 0) is 4.79 Å². The summed E-state index contributed by atoms with van der Waals surface area (Å²) >= 11 is 0. The summed E-state index contributed by atoms with van der Waals surface area (Å²) in [6.07, 6.45) is 7.03. The van der Waals surface area contributed by atoms with E-state index in [1.54, 1.807) is 7.11 Å². The van der Waals surface area contributed by atoms with Crippen LogP contribution >= 0.6 is 0 Å². The Balaban J connectivity index is 1.19. The van der Waals surface area contributed by atoms with Gasteiger partial charge in [0.05, 0.1) is 12.7 Å². The van der Waals surface area contributed by atoms with Crippen molar-refractivity contribution >= 4 is 11.6 Å². The number of piperazine rings is 1. The number of rotatable bonds is 4. The zero-order chi connectivity index (χ0) is 19.4. The van der Waals surface area contributed by atoms with Crippen LogP contribution in [0.15, 0.2) is 24.3 Å². The molecule has 2 unspecified atom stereocenters. The fourth-order valence-corrected chi connectivity index (χ4v) is 7.05. The molecule has 0 aromatic heterocycles. The number of anilines is 1. The van der Waals surface area contributed by atoms with Crippen LogP contribution in [0.3, 0.4) is 0 Å². The molecule has 1 aromatic carbocycles. The third kappa shape index (κ3) is 3.28. The predicted octanol–water partition coefficient (Wildman–Crippen LogP) is 3.07. The first kappa shape index (κ1) is 18.3. The summed E-state index contributed by atoms with van der Waals surface area (Å²) < 4.78 is 5.24. The number of aliphatic hydroxyl groups is 1. The quantitative estimate of drug-likeness (QED) is 0.867. The average Bonchev–Trinajstić information content (AvgIpc) is 2.66. The van der Waals surface area contributed by atoms with E-state index in [4.69, 9.17) is 4.74 Å². The van der Waals surface area contributed by atoms with E-state index >= 15 is 0 Å². The average molecular weight is 385 g/mol. The molecule has 0 spiro atoms. The zero-order valence-corrected chi connectivity index (χ0v) is 16.9. The van der Waals surface area contributed by atoms with Crippen LogP contribution in [0.2, 0.25) is 0 Å². The van der Waals surface area contributed by atoms with E-state index < -0.39 is 5.60 Å². The number of benzene rings is 1. The summed E-state index contributed by atoms with van der Waals surface area (Å²) in [6.45, 7) is 3.33. The van der Waals surface area contributed by atoms with Gasteiger partial charge in [-0.3, -0.25) is 4.79 Å². The van der Waals surface area contributed by atoms with Gasteiger partial charge in [-0.15, -0.1) is 0 Å². The summed E-state index contributed by atoms with van der Waals surface area (Å²) in [5, 5.41) is 10.9. The van der Waals surface area contributed by atoms with E-state index in [1.165, 1.54) is 12.1 Å². The van der Waals surface area contributed by atoms with Gasteiger partial charge in [0.2, 0.25) is 5.91 Å². The van der Waals surface area contributed by atoms with Crippen LogP contribution in [0.4, 0.5) is 5.69 Å². The SMILES string of the molecule is COc1ccc(N2CCN(C(=O)CC34CC5CC(CC(O)(C5)C3)C4)CC2)cc1. The smallest absolute Gasteiger partial charge is 0.223 e. The van der Waals surface area contributed by atoms with E-state index in [2.05, 4.69) is 21.9 Å². The molecule has 152 valence electrons. The molecule has 4 aliphatic carbocycles. The van der Waals surface area contributed by atoms with Gasteiger partial charge in [-0.05, 0) is 80.0 Å². The molecule has 1 heterocycles. The Labute approximate surface area is 167 Å². The van der Waals surface area contributed by atoms with Gasteiger partial charge in [-0.2, -0.15) is 0 Å². The summed E-state index contributed by atoms with van der Waals surface area (Å²) in [5.74, 6) is 2.46. The Bertz CT molecular complexity index is 725. The number of amides is 1. The van der Waals surface area contributed by atoms with Gasteiger partial charge in [-0.25, -0.2) is 0 Å². The molecule has 4 saturated carbocycles. The van der Waals surface area contributed by atoms with Gasteiger partial charge >= 0.3 is 0 Å². The maximum absolute atomic E-state index is 13.1. The molecule has 0 radical (unpaired) electrons. The number of nitrogens with zero attached hydrogens (tertiary/aromatic N) is 2. The Morgan fingerprint density at radius 2 is 1.71 bits per heavy atom. The zero-order valence-electron chi connectivity index (χ0n) is 16.9. The molecule has 1 saturated heterocycles. The second-order valence-electron chi connectivity index (χ2n) is 9.93. The number of carbonyl (C=O) groups excluding carboxylic acids is 1. The van der Waals surface area contributed by atoms with E-state index in [1.807, 2.05) is 12.1 Å². The van der Waals surface area contributed by atoms with E-state index in [9.17, 15) is 9.90 Å². The van der Waals surface area contributed by atoms with Gasteiger partial charge in [0.15, 0.2) is 0 Å². The first-order chi connectivity index (χ1) is 13.5. The number of carbonyl (C=O) groups is 1. The van der Waals surface area contributed by atoms with E-state index in [-0.39, 0.29) is 5.41 Å². The first-order valence-electron chi connectivity index (χ1n) is 10.9. The van der Waals surface area contributed by atoms with Crippen molar-refractivity contribution in [3.05, 3.63) is 24.3 Å². The monoisotopic (exact) mass is 384 g/mol. The van der Waals surface area contributed by atoms with Crippen LogP contribution in [-0.4, -0.2) is 54.8 Å². The van der Waals surface area contributed by atoms with Crippen LogP contribution in [0.5, 0.6) is 5.75 Å². The number of ether oxygens (including phenoxy) is 1. The molecule has 2 atom stereocenters. The maximum Gasteiger partial charge on any atom is 0.223 e. The molecule has 1 amide bonds. The predicted molar refractivity (Wildman–Crippen MR) is 108 cm³/mol. The lowest BCUT2D eigenvalue weighted by molar-refractivity contribution is -0.172. The number of methoxy groups -OCH3 is 1. The highest BCUT2D eigenvalue weighted by atomic mass is 16.5. The molecule has 1 N–H and O–H groups in total. The van der Waals surface area contributed by atoms with Crippen LogP contribution in [0.1, 0.15) is 44.9 Å². The van der Waals surface area contributed by atoms with Gasteiger partial charge in [0, 0.05) is 38.3 Å². The molecular weight excluding hydrogens is 352 g/mol. The molecule has 6 rings (SSSR count). The fraction of sp³-hybridized carbons (Fsp3) is 0.696. The second-order valence-corrected chi connectivity index (χ2v) is 9.93. The molecule has 1 aliphatic heterocycles. The minimum absolute atomic E-state index is 0.0725. The molecule has 1 aromatic rings. The fourth-order valence-electron chi connectivity index (χ4n) is 7.05. The third-order valence-corrected chi connectivity index (χ3v) is 7.75. The lowest BCUT2D eigenvalue weighted by Gasteiger charge is -2.60. The summed E-state index contributed by atoms with van der Waals surface area (Å²) in [6, 6.07) is 8.16. The molecule has 28 heavy (non-hydrogen) atoms. The van der Waals surface area contributed by atoms with Crippen molar-refractivity contribution < 1.29 is 14.6 Å². The van der Waals surface area contributed by atoms with Crippen LogP contribution in [0.25, 0.3) is 0 Å². The van der Waals surface area contributed by atoms with E-state index in [0.717, 1.165) is 64.0 Å². The van der Waals surface area contributed by atoms with Crippen molar-refractivity contribution in [1.82, 2.24) is 4.90 Å². The maximum atomic E-state index is 13.1. The summed E-state index contributed by atoms with van der Waals surface area (Å²) in [5.41, 5.74) is 0.789. The van der Waals surface area contributed by atoms with Gasteiger partial charge in [0.1, 0.15) is 5.75 Å². The highest BCUT2D eigenvalue weighted by Crippen LogP contribution is 2.62. The normalized spacial score (nSPS) is 36.6. The lowest BCUT2D eigenvalue weighted by atomic mass is 9.47. The Kier molecular flexibility index (Phi) is 4.34. The highest BCUT2D eigenvalue weighted by molar-refractivity contribution is 5.77. The van der Waals surface area contributed by atoms with Crippen molar-refractivity contribution in [1.29, 1.82) is 0 Å². The molecule has 5 aliphatic rings. The standard InChI is InChI=1S/C23H32N2O3/c1-28-20-4-2-19(3-5-20)24-6-8-25(9-7-24)21(26)15-22-11-17-10-18(12-22)14-23(27,13-17)16-22/h2-5,17-18,27H,6-16H2,1H3. The summed E-state index contributed by atoms with van der Waals surface area (Å²) in [7, 11) is 1.68. The minimum Gasteiger partial charge on any atom is -0.497 e. The van der Waals surface area contributed by atoms with Crippen LogP contribution in [0, 0.1) is 17.3 Å². The van der Waals surface area contributed by atoms with Crippen molar-refractivity contribution in [2.45, 2.75) is 50.5 Å². The number of hydrogen-bond acceptors (Lipinski definition) is 4. The Morgan fingerprint density at radius 3 is 2.29 bits per heavy atom. The van der Waals surface area contributed by atoms with Crippen molar-refractivity contribution in [3.63, 3.8) is 0 Å². The van der Waals surface area contributed by atoms with Gasteiger partial charge < -0.3 is 19.6 Å². The molecule has 5 fully saturated rings.